The molecule has 2 heterocycles. The number of thiol groups is 1. The number of rotatable bonds is 6. The number of hydrogen-bond donors (Lipinski definition) is 1. The van der Waals surface area contributed by atoms with Crippen molar-refractivity contribution in [3.8, 4) is 0 Å². The first-order chi connectivity index (χ1) is 14.7. The van der Waals surface area contributed by atoms with Gasteiger partial charge in [0.25, 0.3) is 0 Å². The minimum Gasteiger partial charge on any atom is -0.704 e. The molecule has 6 nitrogen and oxygen atoms in total. The Balaban J connectivity index is 1.53. The van der Waals surface area contributed by atoms with Crippen LogP contribution in [0.3, 0.4) is 0 Å². The highest BCUT2D eigenvalue weighted by molar-refractivity contribution is 7.77. The minimum atomic E-state index is 0.574. The molecule has 2 aromatic carbocycles. The van der Waals surface area contributed by atoms with E-state index in [2.05, 4.69) is 50.3 Å². The van der Waals surface area contributed by atoms with Crippen molar-refractivity contribution < 1.29 is 0 Å². The van der Waals surface area contributed by atoms with E-state index in [4.69, 9.17) is 11.1 Å². The topological polar surface area (TPSA) is 79.9 Å². The van der Waals surface area contributed by atoms with Gasteiger partial charge in [-0.3, -0.25) is 4.90 Å². The van der Waals surface area contributed by atoms with Crippen molar-refractivity contribution in [2.75, 3.05) is 37.3 Å². The predicted molar refractivity (Wildman–Crippen MR) is 128 cm³/mol. The molecule has 0 amide bonds. The fraction of sp³-hybridized carbons (Fsp3) is 0.261. The van der Waals surface area contributed by atoms with Gasteiger partial charge < -0.3 is 16.0 Å². The second-order valence-corrected chi connectivity index (χ2v) is 8.22. The zero-order chi connectivity index (χ0) is 20.9. The summed E-state index contributed by atoms with van der Waals surface area (Å²) in [5.74, 6) is 0.934. The maximum atomic E-state index is 7.54. The molecule has 1 fully saturated rings. The second kappa shape index (κ2) is 9.28. The van der Waals surface area contributed by atoms with Crippen LogP contribution in [0.25, 0.3) is 22.2 Å². The summed E-state index contributed by atoms with van der Waals surface area (Å²) in [6, 6.07) is 14.5. The fourth-order valence-corrected chi connectivity index (χ4v) is 4.57. The maximum Gasteiger partial charge on any atom is 0.156 e. The van der Waals surface area contributed by atoms with E-state index in [9.17, 15) is 0 Å². The summed E-state index contributed by atoms with van der Waals surface area (Å²) in [4.78, 5) is 15.2. The number of aromatic nitrogens is 2. The van der Waals surface area contributed by atoms with E-state index in [1.165, 1.54) is 34.6 Å². The van der Waals surface area contributed by atoms with Crippen molar-refractivity contribution in [1.82, 2.24) is 14.9 Å². The van der Waals surface area contributed by atoms with Gasteiger partial charge in [-0.05, 0) is 29.3 Å². The first kappa shape index (κ1) is 20.4. The third-order valence-corrected chi connectivity index (χ3v) is 6.48. The maximum absolute atomic E-state index is 7.54. The quantitative estimate of drug-likeness (QED) is 0.375. The zero-order valence-corrected chi connectivity index (χ0v) is 17.9. The Morgan fingerprint density at radius 1 is 1.13 bits per heavy atom. The SMILES string of the molecule is C[SH+]c1ccccc1CN1CCN(c2ncnc3ccc(C(C=N)=C[NH-])cc23)CC1. The van der Waals surface area contributed by atoms with Gasteiger partial charge in [-0.1, -0.05) is 24.3 Å². The van der Waals surface area contributed by atoms with Crippen molar-refractivity contribution in [2.24, 2.45) is 0 Å². The highest BCUT2D eigenvalue weighted by Gasteiger charge is 2.21. The van der Waals surface area contributed by atoms with E-state index in [-0.39, 0.29) is 0 Å². The Bertz CT molecular complexity index is 1070. The molecule has 1 aliphatic rings. The Morgan fingerprint density at radius 3 is 2.67 bits per heavy atom. The molecular formula is C23H26N6S. The Hall–Kier alpha value is -2.90. The lowest BCUT2D eigenvalue weighted by atomic mass is 10.0. The predicted octanol–water partition coefficient (Wildman–Crippen LogP) is 3.80. The molecule has 0 bridgehead atoms. The molecule has 0 radical (unpaired) electrons. The van der Waals surface area contributed by atoms with E-state index < -0.39 is 0 Å². The van der Waals surface area contributed by atoms with Gasteiger partial charge in [0, 0.05) is 61.6 Å². The molecular weight excluding hydrogens is 392 g/mol. The van der Waals surface area contributed by atoms with Crippen LogP contribution >= 0.6 is 0 Å². The number of hydrogen-bond acceptors (Lipinski definition) is 5. The first-order valence-electron chi connectivity index (χ1n) is 10.0. The van der Waals surface area contributed by atoms with Crippen molar-refractivity contribution in [1.29, 1.82) is 5.41 Å². The van der Waals surface area contributed by atoms with Crippen LogP contribution in [0.4, 0.5) is 5.82 Å². The van der Waals surface area contributed by atoms with E-state index in [0.717, 1.165) is 55.0 Å². The van der Waals surface area contributed by atoms with Gasteiger partial charge >= 0.3 is 0 Å². The summed E-state index contributed by atoms with van der Waals surface area (Å²) in [5.41, 5.74) is 11.3. The number of fused-ring (bicyclic) bond motifs is 1. The second-order valence-electron chi connectivity index (χ2n) is 7.29. The lowest BCUT2D eigenvalue weighted by molar-refractivity contribution is 0.248. The first-order valence-corrected chi connectivity index (χ1v) is 11.4. The van der Waals surface area contributed by atoms with Crippen molar-refractivity contribution >= 4 is 40.3 Å². The molecule has 1 aromatic heterocycles. The van der Waals surface area contributed by atoms with Gasteiger partial charge in [0.15, 0.2) is 4.90 Å². The summed E-state index contributed by atoms with van der Waals surface area (Å²) in [6.07, 6.45) is 6.23. The number of piperazine rings is 1. The van der Waals surface area contributed by atoms with E-state index >= 15 is 0 Å². The summed E-state index contributed by atoms with van der Waals surface area (Å²) >= 11 is 1.31. The van der Waals surface area contributed by atoms with Crippen LogP contribution in [-0.2, 0) is 18.3 Å². The average Bonchev–Trinajstić information content (AvgIpc) is 2.80. The number of nitrogens with zero attached hydrogens (tertiary/aromatic N) is 4. The van der Waals surface area contributed by atoms with E-state index in [1.54, 1.807) is 6.33 Å². The van der Waals surface area contributed by atoms with Crippen molar-refractivity contribution in [2.45, 2.75) is 11.4 Å². The van der Waals surface area contributed by atoms with Gasteiger partial charge in [0.1, 0.15) is 18.4 Å². The van der Waals surface area contributed by atoms with E-state index in [0.29, 0.717) is 5.57 Å². The minimum absolute atomic E-state index is 0.574. The van der Waals surface area contributed by atoms with Gasteiger partial charge in [0.05, 0.1) is 5.52 Å². The molecule has 3 aromatic rings. The van der Waals surface area contributed by atoms with Crippen LogP contribution in [-0.4, -0.2) is 53.5 Å². The number of anilines is 1. The molecule has 154 valence electrons. The smallest absolute Gasteiger partial charge is 0.156 e. The number of benzene rings is 2. The van der Waals surface area contributed by atoms with Crippen LogP contribution in [0.1, 0.15) is 11.1 Å². The molecule has 0 saturated carbocycles. The van der Waals surface area contributed by atoms with Gasteiger partial charge in [-0.2, -0.15) is 6.20 Å². The van der Waals surface area contributed by atoms with Crippen LogP contribution < -0.4 is 4.90 Å². The molecule has 0 atom stereocenters. The summed E-state index contributed by atoms with van der Waals surface area (Å²) in [7, 11) is 0. The van der Waals surface area contributed by atoms with Crippen LogP contribution in [0.5, 0.6) is 0 Å². The standard InChI is InChI=1S/C23H25N6S/c1-30-22-5-3-2-4-18(22)15-28-8-10-29(11-9-28)23-20-12-17(19(13-24)14-25)6-7-21(20)26-16-27-23/h2-7,12-14,16,24-25H,8-11,15H2,1H3/q-1/p+1. The molecule has 30 heavy (non-hydrogen) atoms. The summed E-state index contributed by atoms with van der Waals surface area (Å²) < 4.78 is 0. The van der Waals surface area contributed by atoms with E-state index in [1.807, 2.05) is 18.2 Å². The van der Waals surface area contributed by atoms with Crippen LogP contribution in [0.15, 0.2) is 59.9 Å². The fourth-order valence-electron chi connectivity index (χ4n) is 3.90. The molecule has 4 rings (SSSR count). The van der Waals surface area contributed by atoms with Gasteiger partial charge in [-0.25, -0.2) is 9.97 Å². The normalized spacial score (nSPS) is 15.5. The largest absolute Gasteiger partial charge is 0.704 e. The summed E-state index contributed by atoms with van der Waals surface area (Å²) in [5, 5.41) is 8.51. The molecule has 0 unspecified atom stereocenters. The van der Waals surface area contributed by atoms with Gasteiger partial charge in [0.2, 0.25) is 0 Å². The third kappa shape index (κ3) is 4.17. The zero-order valence-electron chi connectivity index (χ0n) is 17.0. The Kier molecular flexibility index (Phi) is 6.30. The van der Waals surface area contributed by atoms with Crippen LogP contribution in [0, 0.1) is 5.41 Å². The summed E-state index contributed by atoms with van der Waals surface area (Å²) in [6.45, 7) is 4.77. The van der Waals surface area contributed by atoms with Gasteiger partial charge in [-0.15, -0.1) is 0 Å². The molecule has 7 heteroatoms. The lowest BCUT2D eigenvalue weighted by Gasteiger charge is -2.35. The average molecular weight is 419 g/mol. The highest BCUT2D eigenvalue weighted by Crippen LogP contribution is 2.27. The molecule has 1 aliphatic heterocycles. The third-order valence-electron chi connectivity index (χ3n) is 5.56. The molecule has 1 saturated heterocycles. The Morgan fingerprint density at radius 2 is 1.93 bits per heavy atom. The Labute approximate surface area is 181 Å². The van der Waals surface area contributed by atoms with Crippen LogP contribution in [0.2, 0.25) is 0 Å². The number of nitrogens with one attached hydrogen (secondary N) is 2. The van der Waals surface area contributed by atoms with Crippen molar-refractivity contribution in [3.63, 3.8) is 0 Å². The highest BCUT2D eigenvalue weighted by atomic mass is 32.2. The number of allylic oxidation sites excluding steroid dienone is 1. The lowest BCUT2D eigenvalue weighted by Crippen LogP contribution is -2.46. The molecule has 0 aliphatic carbocycles. The van der Waals surface area contributed by atoms with Crippen molar-refractivity contribution in [3.05, 3.63) is 71.9 Å². The monoisotopic (exact) mass is 418 g/mol. The molecule has 0 spiro atoms. The molecule has 2 N–H and O–H groups in total.